The number of hydrogen-bond donors (Lipinski definition) is 0. The molecule has 0 saturated heterocycles. The Hall–Kier alpha value is -0.130. The topological polar surface area (TPSA) is 57.2 Å². The first-order chi connectivity index (χ1) is 5.10. The molecule has 70 valence electrons. The van der Waals surface area contributed by atoms with Crippen molar-refractivity contribution in [1.29, 1.82) is 0 Å². The molecule has 12 heavy (non-hydrogen) atoms. The van der Waals surface area contributed by atoms with Gasteiger partial charge in [0.25, 0.3) is 0 Å². The summed E-state index contributed by atoms with van der Waals surface area (Å²) in [6.45, 7) is 6.43. The Kier molecular flexibility index (Phi) is 3.28. The van der Waals surface area contributed by atoms with Crippen LogP contribution in [0.2, 0.25) is 0 Å². The molecular formula is C8H12IO3-. The van der Waals surface area contributed by atoms with Crippen molar-refractivity contribution in [3.8, 4) is 0 Å². The molecule has 0 heterocycles. The van der Waals surface area contributed by atoms with Crippen molar-refractivity contribution < 1.29 is 14.7 Å². The van der Waals surface area contributed by atoms with E-state index in [-0.39, 0.29) is 5.78 Å². The van der Waals surface area contributed by atoms with Crippen LogP contribution >= 0.6 is 22.6 Å². The average Bonchev–Trinajstić information content (AvgIpc) is 1.83. The highest BCUT2D eigenvalue weighted by Crippen LogP contribution is 2.29. The Bertz CT molecular complexity index is 213. The van der Waals surface area contributed by atoms with Gasteiger partial charge in [0.15, 0.2) is 5.78 Å². The summed E-state index contributed by atoms with van der Waals surface area (Å²) in [7, 11) is 0. The van der Waals surface area contributed by atoms with Gasteiger partial charge in [-0.2, -0.15) is 0 Å². The molecule has 0 aromatic heterocycles. The number of hydrogen-bond acceptors (Lipinski definition) is 3. The Labute approximate surface area is 85.7 Å². The molecule has 0 radical (unpaired) electrons. The second-order valence-electron chi connectivity index (χ2n) is 3.87. The minimum atomic E-state index is -1.42. The van der Waals surface area contributed by atoms with Gasteiger partial charge in [0.05, 0.1) is 5.97 Å². The number of rotatable bonds is 2. The number of carboxylic acid groups (broad SMARTS) is 1. The van der Waals surface area contributed by atoms with E-state index in [0.29, 0.717) is 0 Å². The third kappa shape index (κ3) is 2.43. The number of halogens is 1. The van der Waals surface area contributed by atoms with Crippen LogP contribution in [0, 0.1) is 5.41 Å². The molecule has 0 aliphatic heterocycles. The Morgan fingerprint density at radius 3 is 1.58 bits per heavy atom. The van der Waals surface area contributed by atoms with Gasteiger partial charge in [-0.05, 0) is 6.92 Å². The molecule has 4 heteroatoms. The number of Topliss-reactive ketones (excluding diaryl/α,β-unsaturated/α-hetero) is 1. The molecule has 0 spiro atoms. The van der Waals surface area contributed by atoms with Gasteiger partial charge in [0.2, 0.25) is 0 Å². The van der Waals surface area contributed by atoms with Gasteiger partial charge < -0.3 is 9.90 Å². The van der Waals surface area contributed by atoms with Crippen LogP contribution in [0.3, 0.4) is 0 Å². The average molecular weight is 283 g/mol. The van der Waals surface area contributed by atoms with E-state index in [2.05, 4.69) is 0 Å². The second-order valence-corrected chi connectivity index (χ2v) is 6.03. The van der Waals surface area contributed by atoms with E-state index in [9.17, 15) is 14.7 Å². The van der Waals surface area contributed by atoms with Crippen molar-refractivity contribution in [3.63, 3.8) is 0 Å². The SMILES string of the molecule is CC(C)(C)C(=O)C(C)(I)C(=O)[O-]. The number of carboxylic acids is 1. The predicted octanol–water partition coefficient (Wildman–Crippen LogP) is 0.545. The largest absolute Gasteiger partial charge is 0.548 e. The van der Waals surface area contributed by atoms with E-state index >= 15 is 0 Å². The molecule has 3 nitrogen and oxygen atoms in total. The van der Waals surface area contributed by atoms with Crippen molar-refractivity contribution in [3.05, 3.63) is 0 Å². The van der Waals surface area contributed by atoms with Crippen molar-refractivity contribution in [1.82, 2.24) is 0 Å². The minimum Gasteiger partial charge on any atom is -0.548 e. The molecule has 0 N–H and O–H groups in total. The molecule has 0 fully saturated rings. The summed E-state index contributed by atoms with van der Waals surface area (Å²) in [5.74, 6) is -1.65. The lowest BCUT2D eigenvalue weighted by Crippen LogP contribution is -2.51. The molecule has 0 saturated carbocycles. The number of ketones is 1. The van der Waals surface area contributed by atoms with Crippen LogP contribution < -0.4 is 5.11 Å². The van der Waals surface area contributed by atoms with Gasteiger partial charge >= 0.3 is 0 Å². The first kappa shape index (κ1) is 11.9. The van der Waals surface area contributed by atoms with Crippen LogP contribution in [0.4, 0.5) is 0 Å². The lowest BCUT2D eigenvalue weighted by molar-refractivity contribution is -0.306. The van der Waals surface area contributed by atoms with E-state index in [1.807, 2.05) is 0 Å². The summed E-state index contributed by atoms with van der Waals surface area (Å²) in [4.78, 5) is 22.1. The second kappa shape index (κ2) is 3.32. The zero-order valence-electron chi connectivity index (χ0n) is 7.60. The van der Waals surface area contributed by atoms with Crippen LogP contribution in [0.1, 0.15) is 27.7 Å². The Morgan fingerprint density at radius 2 is 1.50 bits per heavy atom. The minimum absolute atomic E-state index is 0.324. The lowest BCUT2D eigenvalue weighted by Gasteiger charge is -2.29. The monoisotopic (exact) mass is 283 g/mol. The fraction of sp³-hybridized carbons (Fsp3) is 0.750. The summed E-state index contributed by atoms with van der Waals surface area (Å²) in [5, 5.41) is 10.6. The molecule has 0 aliphatic carbocycles. The van der Waals surface area contributed by atoms with Gasteiger partial charge in [-0.3, -0.25) is 4.79 Å². The molecule has 0 amide bonds. The summed E-state index contributed by atoms with van der Waals surface area (Å²) >= 11 is 1.61. The van der Waals surface area contributed by atoms with Crippen LogP contribution in [0.15, 0.2) is 0 Å². The third-order valence-electron chi connectivity index (χ3n) is 1.49. The number of carbonyl (C=O) groups is 2. The first-order valence-corrected chi connectivity index (χ1v) is 4.63. The number of carbonyl (C=O) groups excluding carboxylic acids is 2. The Balaban J connectivity index is 4.83. The summed E-state index contributed by atoms with van der Waals surface area (Å²) in [5.41, 5.74) is -0.643. The maximum atomic E-state index is 11.5. The maximum absolute atomic E-state index is 11.5. The molecule has 0 bridgehead atoms. The van der Waals surface area contributed by atoms with Gasteiger partial charge in [-0.15, -0.1) is 0 Å². The third-order valence-corrected chi connectivity index (χ3v) is 2.42. The molecule has 0 rings (SSSR count). The highest BCUT2D eigenvalue weighted by molar-refractivity contribution is 14.1. The fourth-order valence-electron chi connectivity index (χ4n) is 0.797. The number of aliphatic carboxylic acids is 1. The zero-order chi connectivity index (χ0) is 10.2. The van der Waals surface area contributed by atoms with Crippen LogP contribution in [0.25, 0.3) is 0 Å². The Morgan fingerprint density at radius 1 is 1.17 bits per heavy atom. The van der Waals surface area contributed by atoms with Crippen molar-refractivity contribution >= 4 is 34.3 Å². The van der Waals surface area contributed by atoms with Crippen molar-refractivity contribution in [2.24, 2.45) is 5.41 Å². The zero-order valence-corrected chi connectivity index (χ0v) is 9.76. The highest BCUT2D eigenvalue weighted by atomic mass is 127. The van der Waals surface area contributed by atoms with Gasteiger partial charge in [0, 0.05) is 5.41 Å². The molecule has 0 aromatic carbocycles. The maximum Gasteiger partial charge on any atom is 0.159 e. The van der Waals surface area contributed by atoms with Gasteiger partial charge in [-0.25, -0.2) is 0 Å². The quantitative estimate of drug-likeness (QED) is 0.422. The molecule has 1 atom stereocenters. The van der Waals surface area contributed by atoms with Gasteiger partial charge in [-0.1, -0.05) is 43.4 Å². The van der Waals surface area contributed by atoms with Gasteiger partial charge in [0.1, 0.15) is 3.42 Å². The van der Waals surface area contributed by atoms with Crippen molar-refractivity contribution in [2.45, 2.75) is 31.1 Å². The normalized spacial score (nSPS) is 16.8. The first-order valence-electron chi connectivity index (χ1n) is 3.55. The summed E-state index contributed by atoms with van der Waals surface area (Å²) < 4.78 is -1.42. The van der Waals surface area contributed by atoms with E-state index in [1.165, 1.54) is 6.92 Å². The standard InChI is InChI=1S/C8H13IO3/c1-7(2,3)5(10)8(4,9)6(11)12/h1-4H3,(H,11,12)/p-1. The van der Waals surface area contributed by atoms with E-state index in [4.69, 9.17) is 0 Å². The number of alkyl halides is 1. The molecule has 0 aromatic rings. The lowest BCUT2D eigenvalue weighted by atomic mass is 9.84. The summed E-state index contributed by atoms with van der Waals surface area (Å²) in [6, 6.07) is 0. The van der Waals surface area contributed by atoms with E-state index < -0.39 is 14.8 Å². The van der Waals surface area contributed by atoms with E-state index in [0.717, 1.165) is 0 Å². The molecular weight excluding hydrogens is 271 g/mol. The highest BCUT2D eigenvalue weighted by Gasteiger charge is 2.38. The van der Waals surface area contributed by atoms with Crippen LogP contribution in [0.5, 0.6) is 0 Å². The van der Waals surface area contributed by atoms with E-state index in [1.54, 1.807) is 43.4 Å². The molecule has 0 aliphatic rings. The van der Waals surface area contributed by atoms with Crippen LogP contribution in [-0.4, -0.2) is 15.2 Å². The molecule has 1 unspecified atom stereocenters. The van der Waals surface area contributed by atoms with Crippen molar-refractivity contribution in [2.75, 3.05) is 0 Å². The smallest absolute Gasteiger partial charge is 0.159 e. The predicted molar refractivity (Wildman–Crippen MR) is 51.9 cm³/mol. The fourth-order valence-corrected chi connectivity index (χ4v) is 1.61. The van der Waals surface area contributed by atoms with Crippen LogP contribution in [-0.2, 0) is 9.59 Å². The summed E-state index contributed by atoms with van der Waals surface area (Å²) in [6.07, 6.45) is 0.